The van der Waals surface area contributed by atoms with Crippen LogP contribution in [0.5, 0.6) is 0 Å². The zero-order valence-corrected chi connectivity index (χ0v) is 33.4. The molecule has 0 aliphatic carbocycles. The van der Waals surface area contributed by atoms with E-state index in [0.29, 0.717) is 25.8 Å². The first-order valence-electron chi connectivity index (χ1n) is 17.6. The van der Waals surface area contributed by atoms with Crippen LogP contribution in [0.15, 0.2) is 48.5 Å². The van der Waals surface area contributed by atoms with Crippen molar-refractivity contribution in [2.45, 2.75) is 115 Å². The Kier molecular flexibility index (Phi) is 22.4. The molecule has 2 atom stereocenters. The van der Waals surface area contributed by atoms with Crippen molar-refractivity contribution in [1.29, 1.82) is 0 Å². The summed E-state index contributed by atoms with van der Waals surface area (Å²) in [6.07, 6.45) is 9.52. The standard InChI is InChI=1S/C37H52I2N4O8/c38-29-17-13-27(14-18-29)25-43(26-28-15-19-30(39)20-16-28)24-10-6-4-2-1-3-5-7-12-33(44)40-23-9-8-11-31(35(47)48)41-37(51)42-32(36(49)50)21-22-34(45)46/h13-20,31-32H,1-12,21-26H2,(H,40,44)(H,45,46)(H,47,48)(H,49,50)(H2,41,42,51)/t31-,32-/m0/s1. The van der Waals surface area contributed by atoms with E-state index < -0.39 is 42.4 Å². The summed E-state index contributed by atoms with van der Waals surface area (Å²) in [4.78, 5) is 60.3. The molecule has 2 aromatic carbocycles. The molecular formula is C37H52I2N4O8. The van der Waals surface area contributed by atoms with Crippen molar-refractivity contribution in [1.82, 2.24) is 20.9 Å². The highest BCUT2D eigenvalue weighted by Crippen LogP contribution is 2.16. The van der Waals surface area contributed by atoms with Gasteiger partial charge >= 0.3 is 23.9 Å². The molecule has 0 fully saturated rings. The Morgan fingerprint density at radius 2 is 1.06 bits per heavy atom. The van der Waals surface area contributed by atoms with E-state index in [0.717, 1.165) is 45.3 Å². The summed E-state index contributed by atoms with van der Waals surface area (Å²) in [5.41, 5.74) is 2.67. The fraction of sp³-hybridized carbons (Fsp3) is 0.541. The molecule has 6 N–H and O–H groups in total. The molecule has 2 rings (SSSR count). The molecule has 0 aromatic heterocycles. The number of carboxylic acid groups (broad SMARTS) is 3. The second kappa shape index (κ2) is 25.9. The summed E-state index contributed by atoms with van der Waals surface area (Å²) in [7, 11) is 0. The van der Waals surface area contributed by atoms with Crippen molar-refractivity contribution in [2.75, 3.05) is 13.1 Å². The summed E-state index contributed by atoms with van der Waals surface area (Å²) in [6.45, 7) is 3.34. The van der Waals surface area contributed by atoms with Gasteiger partial charge in [0, 0.05) is 39.6 Å². The molecule has 0 bridgehead atoms. The number of hydrogen-bond donors (Lipinski definition) is 6. The molecule has 51 heavy (non-hydrogen) atoms. The Morgan fingerprint density at radius 1 is 0.588 bits per heavy atom. The highest BCUT2D eigenvalue weighted by Gasteiger charge is 2.24. The average Bonchev–Trinajstić information content (AvgIpc) is 3.08. The zero-order valence-electron chi connectivity index (χ0n) is 29.1. The number of nitrogens with one attached hydrogen (secondary N) is 3. The van der Waals surface area contributed by atoms with Crippen LogP contribution in [-0.2, 0) is 32.3 Å². The first-order chi connectivity index (χ1) is 24.4. The molecule has 282 valence electrons. The minimum absolute atomic E-state index is 0.0385. The second-order valence-electron chi connectivity index (χ2n) is 12.7. The van der Waals surface area contributed by atoms with Crippen LogP contribution in [0, 0.1) is 7.14 Å². The highest BCUT2D eigenvalue weighted by atomic mass is 127. The third-order valence-electron chi connectivity index (χ3n) is 8.36. The smallest absolute Gasteiger partial charge is 0.326 e. The van der Waals surface area contributed by atoms with Crippen molar-refractivity contribution < 1.29 is 39.3 Å². The van der Waals surface area contributed by atoms with Gasteiger partial charge in [-0.05, 0) is 126 Å². The predicted molar refractivity (Wildman–Crippen MR) is 212 cm³/mol. The summed E-state index contributed by atoms with van der Waals surface area (Å²) < 4.78 is 2.49. The molecular weight excluding hydrogens is 882 g/mol. The van der Waals surface area contributed by atoms with Crippen LogP contribution in [-0.4, -0.2) is 75.2 Å². The summed E-state index contributed by atoms with van der Waals surface area (Å²) >= 11 is 4.68. The van der Waals surface area contributed by atoms with E-state index in [1.807, 2.05) is 0 Å². The first kappa shape index (κ1) is 44.2. The molecule has 0 heterocycles. The van der Waals surface area contributed by atoms with Gasteiger partial charge in [-0.25, -0.2) is 14.4 Å². The van der Waals surface area contributed by atoms with Crippen LogP contribution in [0.2, 0.25) is 0 Å². The van der Waals surface area contributed by atoms with Crippen molar-refractivity contribution in [2.24, 2.45) is 0 Å². The van der Waals surface area contributed by atoms with E-state index in [4.69, 9.17) is 10.2 Å². The van der Waals surface area contributed by atoms with Gasteiger partial charge in [-0.3, -0.25) is 14.5 Å². The van der Waals surface area contributed by atoms with Crippen molar-refractivity contribution in [3.63, 3.8) is 0 Å². The lowest BCUT2D eigenvalue weighted by molar-refractivity contribution is -0.140. The zero-order chi connectivity index (χ0) is 37.4. The number of hydrogen-bond acceptors (Lipinski definition) is 6. The number of carbonyl (C=O) groups excluding carboxylic acids is 2. The number of rotatable bonds is 27. The monoisotopic (exact) mass is 934 g/mol. The molecule has 0 aliphatic rings. The van der Waals surface area contributed by atoms with Gasteiger partial charge in [-0.1, -0.05) is 62.8 Å². The van der Waals surface area contributed by atoms with Crippen LogP contribution in [0.1, 0.15) is 101 Å². The van der Waals surface area contributed by atoms with Crippen LogP contribution in [0.25, 0.3) is 0 Å². The Labute approximate surface area is 328 Å². The number of carboxylic acids is 3. The predicted octanol–water partition coefficient (Wildman–Crippen LogP) is 6.77. The number of urea groups is 1. The minimum atomic E-state index is -1.46. The normalized spacial score (nSPS) is 12.2. The minimum Gasteiger partial charge on any atom is -0.481 e. The van der Waals surface area contributed by atoms with Crippen molar-refractivity contribution >= 4 is 75.0 Å². The molecule has 0 aliphatic heterocycles. The van der Waals surface area contributed by atoms with Gasteiger partial charge in [0.05, 0.1) is 0 Å². The molecule has 0 unspecified atom stereocenters. The highest BCUT2D eigenvalue weighted by molar-refractivity contribution is 14.1. The summed E-state index contributed by atoms with van der Waals surface area (Å²) in [6, 6.07) is 13.8. The quantitative estimate of drug-likeness (QED) is 0.0416. The fourth-order valence-corrected chi connectivity index (χ4v) is 6.24. The number of benzene rings is 2. The van der Waals surface area contributed by atoms with Gasteiger partial charge in [0.25, 0.3) is 0 Å². The molecule has 12 nitrogen and oxygen atoms in total. The Bertz CT molecular complexity index is 1310. The van der Waals surface area contributed by atoms with Crippen molar-refractivity contribution in [3.05, 3.63) is 66.8 Å². The van der Waals surface area contributed by atoms with Crippen molar-refractivity contribution in [3.8, 4) is 0 Å². The van der Waals surface area contributed by atoms with Gasteiger partial charge in [0.2, 0.25) is 5.91 Å². The molecule has 0 spiro atoms. The molecule has 0 radical (unpaired) electrons. The van der Waals surface area contributed by atoms with Crippen LogP contribution >= 0.6 is 45.2 Å². The van der Waals surface area contributed by atoms with Gasteiger partial charge in [-0.2, -0.15) is 0 Å². The van der Waals surface area contributed by atoms with E-state index in [1.165, 1.54) is 44.0 Å². The summed E-state index contributed by atoms with van der Waals surface area (Å²) in [5, 5.41) is 34.5. The number of carbonyl (C=O) groups is 5. The molecule has 2 aromatic rings. The van der Waals surface area contributed by atoms with E-state index in [-0.39, 0.29) is 18.7 Å². The van der Waals surface area contributed by atoms with Crippen LogP contribution < -0.4 is 16.0 Å². The maximum Gasteiger partial charge on any atom is 0.326 e. The third kappa shape index (κ3) is 21.2. The second-order valence-corrected chi connectivity index (χ2v) is 15.2. The van der Waals surface area contributed by atoms with E-state index >= 15 is 0 Å². The topological polar surface area (TPSA) is 185 Å². The lowest BCUT2D eigenvalue weighted by Gasteiger charge is -2.23. The van der Waals surface area contributed by atoms with Gasteiger partial charge in [0.15, 0.2) is 0 Å². The molecule has 0 saturated carbocycles. The van der Waals surface area contributed by atoms with E-state index in [1.54, 1.807) is 0 Å². The van der Waals surface area contributed by atoms with E-state index in [9.17, 15) is 29.1 Å². The summed E-state index contributed by atoms with van der Waals surface area (Å²) in [5.74, 6) is -3.94. The Balaban J connectivity index is 1.53. The van der Waals surface area contributed by atoms with E-state index in [2.05, 4.69) is 115 Å². The maximum absolute atomic E-state index is 12.2. The number of halogens is 2. The maximum atomic E-state index is 12.2. The third-order valence-corrected chi connectivity index (χ3v) is 9.80. The SMILES string of the molecule is O=C(O)CC[C@H](NC(=O)N[C@@H](CCCCNC(=O)CCCCCCCCCCN(Cc1ccc(I)cc1)Cc1ccc(I)cc1)C(=O)O)C(=O)O. The number of amides is 3. The number of nitrogens with zero attached hydrogens (tertiary/aromatic N) is 1. The fourth-order valence-electron chi connectivity index (χ4n) is 5.52. The lowest BCUT2D eigenvalue weighted by atomic mass is 10.1. The average molecular weight is 935 g/mol. The van der Waals surface area contributed by atoms with Gasteiger partial charge in [0.1, 0.15) is 12.1 Å². The Morgan fingerprint density at radius 3 is 1.55 bits per heavy atom. The van der Waals surface area contributed by atoms with Crippen LogP contribution in [0.4, 0.5) is 4.79 Å². The molecule has 14 heteroatoms. The largest absolute Gasteiger partial charge is 0.481 e. The van der Waals surface area contributed by atoms with Crippen LogP contribution in [0.3, 0.4) is 0 Å². The Hall–Kier alpha value is -2.99. The first-order valence-corrected chi connectivity index (χ1v) is 19.8. The van der Waals surface area contributed by atoms with Gasteiger partial charge in [-0.15, -0.1) is 0 Å². The number of unbranched alkanes of at least 4 members (excludes halogenated alkanes) is 8. The number of aliphatic carboxylic acids is 3. The molecule has 3 amide bonds. The lowest BCUT2D eigenvalue weighted by Crippen LogP contribution is -2.51. The molecule has 0 saturated heterocycles. The van der Waals surface area contributed by atoms with Gasteiger partial charge < -0.3 is 31.3 Å².